The van der Waals surface area contributed by atoms with Gasteiger partial charge in [0.15, 0.2) is 0 Å². The Hall–Kier alpha value is -2.10. The van der Waals surface area contributed by atoms with Gasteiger partial charge in [-0.3, -0.25) is 4.79 Å². The third-order valence-electron chi connectivity index (χ3n) is 3.26. The number of carbonyl (C=O) groups is 1. The zero-order valence-electron chi connectivity index (χ0n) is 10.9. The summed E-state index contributed by atoms with van der Waals surface area (Å²) in [7, 11) is 0. The average Bonchev–Trinajstić information content (AvgIpc) is 2.67. The topological polar surface area (TPSA) is 42.2 Å². The highest BCUT2D eigenvalue weighted by Crippen LogP contribution is 2.26. The van der Waals surface area contributed by atoms with Crippen LogP contribution in [0.1, 0.15) is 29.4 Å². The lowest BCUT2D eigenvalue weighted by molar-refractivity contribution is -0.137. The summed E-state index contributed by atoms with van der Waals surface area (Å²) < 4.78 is 15.0. The molecule has 19 heavy (non-hydrogen) atoms. The van der Waals surface area contributed by atoms with E-state index in [1.807, 2.05) is 30.5 Å². The third kappa shape index (κ3) is 2.84. The lowest BCUT2D eigenvalue weighted by Gasteiger charge is -2.21. The number of aryl methyl sites for hydroxylation is 2. The van der Waals surface area contributed by atoms with Gasteiger partial charge in [0.2, 0.25) is 0 Å². The van der Waals surface area contributed by atoms with Crippen LogP contribution in [0, 0.1) is 19.7 Å². The molecule has 1 aromatic carbocycles. The van der Waals surface area contributed by atoms with Gasteiger partial charge in [-0.1, -0.05) is 12.1 Å². The third-order valence-corrected chi connectivity index (χ3v) is 3.26. The molecule has 0 saturated heterocycles. The summed E-state index contributed by atoms with van der Waals surface area (Å²) in [6.45, 7) is 3.87. The van der Waals surface area contributed by atoms with E-state index in [0.717, 1.165) is 17.0 Å². The van der Waals surface area contributed by atoms with E-state index in [1.54, 1.807) is 12.1 Å². The molecule has 0 aliphatic heterocycles. The standard InChI is InChI=1S/C15H16FNO2/c1-10-3-4-11(2)17(10)14(9-15(18)19)12-5-7-13(16)8-6-12/h3-8,14H,9H2,1-2H3,(H,18,19)/t14-/m1/s1. The first-order valence-corrected chi connectivity index (χ1v) is 6.10. The average molecular weight is 261 g/mol. The summed E-state index contributed by atoms with van der Waals surface area (Å²) in [6.07, 6.45) is -0.0258. The van der Waals surface area contributed by atoms with Crippen molar-refractivity contribution in [3.63, 3.8) is 0 Å². The number of rotatable bonds is 4. The fourth-order valence-electron chi connectivity index (χ4n) is 2.38. The second-order valence-corrected chi connectivity index (χ2v) is 4.65. The first kappa shape index (κ1) is 13.3. The molecule has 0 bridgehead atoms. The normalized spacial score (nSPS) is 12.4. The predicted octanol–water partition coefficient (Wildman–Crippen LogP) is 3.31. The van der Waals surface area contributed by atoms with Gasteiger partial charge >= 0.3 is 5.97 Å². The Bertz CT molecular complexity index is 567. The van der Waals surface area contributed by atoms with Gasteiger partial charge in [-0.25, -0.2) is 4.39 Å². The minimum atomic E-state index is -0.873. The van der Waals surface area contributed by atoms with Crippen molar-refractivity contribution in [3.05, 3.63) is 59.2 Å². The van der Waals surface area contributed by atoms with Crippen molar-refractivity contribution in [3.8, 4) is 0 Å². The van der Waals surface area contributed by atoms with Crippen molar-refractivity contribution in [1.82, 2.24) is 4.57 Å². The van der Waals surface area contributed by atoms with Gasteiger partial charge in [0.1, 0.15) is 5.82 Å². The number of aliphatic carboxylic acids is 1. The predicted molar refractivity (Wildman–Crippen MR) is 70.7 cm³/mol. The fraction of sp³-hybridized carbons (Fsp3) is 0.267. The molecule has 100 valence electrons. The first-order chi connectivity index (χ1) is 8.99. The molecule has 2 aromatic rings. The van der Waals surface area contributed by atoms with Crippen LogP contribution in [0.3, 0.4) is 0 Å². The molecule has 1 aromatic heterocycles. The van der Waals surface area contributed by atoms with Gasteiger partial charge < -0.3 is 9.67 Å². The van der Waals surface area contributed by atoms with E-state index in [2.05, 4.69) is 0 Å². The number of benzene rings is 1. The number of carboxylic acids is 1. The van der Waals surface area contributed by atoms with E-state index in [9.17, 15) is 9.18 Å². The van der Waals surface area contributed by atoms with Crippen LogP contribution in [-0.4, -0.2) is 15.6 Å². The van der Waals surface area contributed by atoms with E-state index in [0.29, 0.717) is 0 Å². The van der Waals surface area contributed by atoms with Gasteiger partial charge in [0.25, 0.3) is 0 Å². The molecule has 0 saturated carbocycles. The number of carboxylic acid groups (broad SMARTS) is 1. The number of nitrogens with zero attached hydrogens (tertiary/aromatic N) is 1. The largest absolute Gasteiger partial charge is 0.481 e. The first-order valence-electron chi connectivity index (χ1n) is 6.10. The molecule has 3 nitrogen and oxygen atoms in total. The van der Waals surface area contributed by atoms with Crippen LogP contribution >= 0.6 is 0 Å². The summed E-state index contributed by atoms with van der Waals surface area (Å²) in [5, 5.41) is 9.09. The molecule has 0 spiro atoms. The lowest BCUT2D eigenvalue weighted by Crippen LogP contribution is -2.17. The molecule has 4 heteroatoms. The molecule has 0 fully saturated rings. The number of hydrogen-bond acceptors (Lipinski definition) is 1. The quantitative estimate of drug-likeness (QED) is 0.917. The molecule has 1 atom stereocenters. The summed E-state index contributed by atoms with van der Waals surface area (Å²) in [4.78, 5) is 11.1. The molecule has 0 aliphatic rings. The number of halogens is 1. The monoisotopic (exact) mass is 261 g/mol. The Morgan fingerprint density at radius 2 is 1.68 bits per heavy atom. The fourth-order valence-corrected chi connectivity index (χ4v) is 2.38. The molecule has 0 aliphatic carbocycles. The zero-order chi connectivity index (χ0) is 14.0. The summed E-state index contributed by atoms with van der Waals surface area (Å²) in [5.74, 6) is -1.19. The highest BCUT2D eigenvalue weighted by Gasteiger charge is 2.20. The van der Waals surface area contributed by atoms with Crippen LogP contribution in [0.25, 0.3) is 0 Å². The summed E-state index contributed by atoms with van der Waals surface area (Å²) in [6, 6.07) is 9.59. The summed E-state index contributed by atoms with van der Waals surface area (Å²) >= 11 is 0. The van der Waals surface area contributed by atoms with Gasteiger partial charge in [0, 0.05) is 11.4 Å². The van der Waals surface area contributed by atoms with Crippen LogP contribution in [-0.2, 0) is 4.79 Å². The molecule has 1 heterocycles. The van der Waals surface area contributed by atoms with E-state index >= 15 is 0 Å². The lowest BCUT2D eigenvalue weighted by atomic mass is 10.0. The molecule has 0 amide bonds. The molecular formula is C15H16FNO2. The van der Waals surface area contributed by atoms with Gasteiger partial charge in [-0.2, -0.15) is 0 Å². The van der Waals surface area contributed by atoms with Gasteiger partial charge in [0.05, 0.1) is 12.5 Å². The van der Waals surface area contributed by atoms with Crippen molar-refractivity contribution in [2.45, 2.75) is 26.3 Å². The van der Waals surface area contributed by atoms with Crippen LogP contribution in [0.2, 0.25) is 0 Å². The van der Waals surface area contributed by atoms with E-state index in [4.69, 9.17) is 5.11 Å². The molecule has 1 N–H and O–H groups in total. The maximum Gasteiger partial charge on any atom is 0.305 e. The van der Waals surface area contributed by atoms with Crippen LogP contribution < -0.4 is 0 Å². The maximum absolute atomic E-state index is 13.0. The van der Waals surface area contributed by atoms with Crippen molar-refractivity contribution in [2.75, 3.05) is 0 Å². The molecule has 0 unspecified atom stereocenters. The van der Waals surface area contributed by atoms with E-state index in [1.165, 1.54) is 12.1 Å². The van der Waals surface area contributed by atoms with Crippen LogP contribution in [0.15, 0.2) is 36.4 Å². The maximum atomic E-state index is 13.0. The molecular weight excluding hydrogens is 245 g/mol. The Kier molecular flexibility index (Phi) is 3.69. The minimum Gasteiger partial charge on any atom is -0.481 e. The number of aromatic nitrogens is 1. The molecule has 2 rings (SSSR count). The Balaban J connectivity index is 2.47. The van der Waals surface area contributed by atoms with E-state index < -0.39 is 5.97 Å². The Labute approximate surface area is 111 Å². The van der Waals surface area contributed by atoms with Crippen molar-refractivity contribution >= 4 is 5.97 Å². The SMILES string of the molecule is Cc1ccc(C)n1[C@H](CC(=O)O)c1ccc(F)cc1. The zero-order valence-corrected chi connectivity index (χ0v) is 10.9. The highest BCUT2D eigenvalue weighted by molar-refractivity contribution is 5.68. The highest BCUT2D eigenvalue weighted by atomic mass is 19.1. The van der Waals surface area contributed by atoms with Crippen molar-refractivity contribution in [2.24, 2.45) is 0 Å². The second kappa shape index (κ2) is 5.26. The summed E-state index contributed by atoms with van der Waals surface area (Å²) in [5.41, 5.74) is 2.78. The Morgan fingerprint density at radius 3 is 2.16 bits per heavy atom. The molecule has 0 radical (unpaired) electrons. The van der Waals surface area contributed by atoms with Gasteiger partial charge in [-0.05, 0) is 43.7 Å². The van der Waals surface area contributed by atoms with Crippen LogP contribution in [0.4, 0.5) is 4.39 Å². The second-order valence-electron chi connectivity index (χ2n) is 4.65. The van der Waals surface area contributed by atoms with Gasteiger partial charge in [-0.15, -0.1) is 0 Å². The Morgan fingerprint density at radius 1 is 1.16 bits per heavy atom. The van der Waals surface area contributed by atoms with Crippen LogP contribution in [0.5, 0.6) is 0 Å². The van der Waals surface area contributed by atoms with Crippen molar-refractivity contribution < 1.29 is 14.3 Å². The smallest absolute Gasteiger partial charge is 0.305 e. The van der Waals surface area contributed by atoms with E-state index in [-0.39, 0.29) is 18.3 Å². The number of hydrogen-bond donors (Lipinski definition) is 1. The van der Waals surface area contributed by atoms with Crippen molar-refractivity contribution in [1.29, 1.82) is 0 Å². The minimum absolute atomic E-state index is 0.0258.